The average Bonchev–Trinajstić information content (AvgIpc) is 2.41. The molecule has 1 aliphatic rings. The highest BCUT2D eigenvalue weighted by Crippen LogP contribution is 2.25. The number of alkyl halides is 1. The number of ether oxygens (including phenoxy) is 1. The van der Waals surface area contributed by atoms with E-state index in [0.29, 0.717) is 29.6 Å². The molecule has 0 radical (unpaired) electrons. The molecule has 4 nitrogen and oxygen atoms in total. The molecule has 1 aromatic carbocycles. The first-order valence-electron chi connectivity index (χ1n) is 6.00. The molecular formula is C13H15Cl2NO3. The van der Waals surface area contributed by atoms with E-state index >= 15 is 0 Å². The highest BCUT2D eigenvalue weighted by atomic mass is 35.5. The van der Waals surface area contributed by atoms with E-state index in [1.165, 1.54) is 18.2 Å². The summed E-state index contributed by atoms with van der Waals surface area (Å²) in [7, 11) is 0. The molecule has 1 N–H and O–H groups in total. The zero-order valence-electron chi connectivity index (χ0n) is 10.5. The van der Waals surface area contributed by atoms with Crippen molar-refractivity contribution in [1.82, 2.24) is 4.90 Å². The van der Waals surface area contributed by atoms with Crippen molar-refractivity contribution in [2.45, 2.75) is 19.1 Å². The molecule has 0 spiro atoms. The third-order valence-corrected chi connectivity index (χ3v) is 3.79. The molecule has 2 rings (SSSR count). The van der Waals surface area contributed by atoms with Crippen LogP contribution >= 0.6 is 23.2 Å². The number of phenolic OH excluding ortho intramolecular Hbond substituents is 1. The van der Waals surface area contributed by atoms with Gasteiger partial charge in [0.05, 0.1) is 35.2 Å². The zero-order valence-corrected chi connectivity index (χ0v) is 12.0. The summed E-state index contributed by atoms with van der Waals surface area (Å²) in [5.74, 6) is 0.138. The predicted octanol–water partition coefficient (Wildman–Crippen LogP) is 2.51. The van der Waals surface area contributed by atoms with E-state index < -0.39 is 0 Å². The van der Waals surface area contributed by atoms with E-state index in [-0.39, 0.29) is 23.8 Å². The van der Waals surface area contributed by atoms with Gasteiger partial charge in [0.25, 0.3) is 5.91 Å². The number of phenols is 1. The van der Waals surface area contributed by atoms with Crippen LogP contribution < -0.4 is 0 Å². The number of halogens is 2. The fourth-order valence-corrected chi connectivity index (χ4v) is 2.41. The van der Waals surface area contributed by atoms with Gasteiger partial charge in [0.1, 0.15) is 5.75 Å². The van der Waals surface area contributed by atoms with Crippen molar-refractivity contribution >= 4 is 29.1 Å². The molecular weight excluding hydrogens is 289 g/mol. The second kappa shape index (κ2) is 5.99. The predicted molar refractivity (Wildman–Crippen MR) is 74.1 cm³/mol. The minimum Gasteiger partial charge on any atom is -0.508 e. The van der Waals surface area contributed by atoms with E-state index in [4.69, 9.17) is 27.9 Å². The fourth-order valence-electron chi connectivity index (χ4n) is 2.03. The Labute approximate surface area is 121 Å². The molecule has 1 aliphatic heterocycles. The molecule has 0 bridgehead atoms. The minimum atomic E-state index is -0.216. The minimum absolute atomic E-state index is 0.0163. The summed E-state index contributed by atoms with van der Waals surface area (Å²) in [6, 6.07) is 4.28. The summed E-state index contributed by atoms with van der Waals surface area (Å²) >= 11 is 11.8. The Morgan fingerprint density at radius 1 is 1.58 bits per heavy atom. The van der Waals surface area contributed by atoms with E-state index in [2.05, 4.69) is 0 Å². The fraction of sp³-hybridized carbons (Fsp3) is 0.462. The molecule has 6 heteroatoms. The molecule has 2 unspecified atom stereocenters. The highest BCUT2D eigenvalue weighted by Gasteiger charge is 2.30. The van der Waals surface area contributed by atoms with Crippen LogP contribution in [-0.4, -0.2) is 47.1 Å². The van der Waals surface area contributed by atoms with Crippen LogP contribution in [0.3, 0.4) is 0 Å². The molecule has 1 heterocycles. The number of hydrogen-bond acceptors (Lipinski definition) is 3. The Balaban J connectivity index is 2.24. The maximum atomic E-state index is 12.5. The second-order valence-electron chi connectivity index (χ2n) is 4.58. The third kappa shape index (κ3) is 3.14. The van der Waals surface area contributed by atoms with Gasteiger partial charge in [-0.1, -0.05) is 11.6 Å². The quantitative estimate of drug-likeness (QED) is 0.854. The molecule has 1 aromatic rings. The molecule has 2 atom stereocenters. The van der Waals surface area contributed by atoms with E-state index in [0.717, 1.165) is 0 Å². The van der Waals surface area contributed by atoms with Gasteiger partial charge in [-0.3, -0.25) is 4.79 Å². The average molecular weight is 304 g/mol. The Morgan fingerprint density at radius 3 is 3.00 bits per heavy atom. The van der Waals surface area contributed by atoms with Crippen LogP contribution in [-0.2, 0) is 4.74 Å². The number of morpholine rings is 1. The molecule has 0 saturated carbocycles. The highest BCUT2D eigenvalue weighted by molar-refractivity contribution is 6.33. The summed E-state index contributed by atoms with van der Waals surface area (Å²) in [6.07, 6.45) is -0.169. The number of carbonyl (C=O) groups excluding carboxylic acids is 1. The van der Waals surface area contributed by atoms with Gasteiger partial charge in [-0.05, 0) is 25.1 Å². The molecule has 1 saturated heterocycles. The third-order valence-electron chi connectivity index (χ3n) is 3.12. The van der Waals surface area contributed by atoms with Crippen LogP contribution in [0, 0.1) is 0 Å². The molecule has 19 heavy (non-hydrogen) atoms. The summed E-state index contributed by atoms with van der Waals surface area (Å²) in [4.78, 5) is 14.2. The Bertz CT molecular complexity index is 481. The van der Waals surface area contributed by atoms with Crippen molar-refractivity contribution in [1.29, 1.82) is 0 Å². The second-order valence-corrected chi connectivity index (χ2v) is 5.30. The first-order valence-corrected chi connectivity index (χ1v) is 6.91. The Kier molecular flexibility index (Phi) is 4.55. The Morgan fingerprint density at radius 2 is 2.32 bits per heavy atom. The largest absolute Gasteiger partial charge is 0.508 e. The normalized spacial score (nSPS) is 23.4. The number of amides is 1. The lowest BCUT2D eigenvalue weighted by Gasteiger charge is -2.37. The van der Waals surface area contributed by atoms with Crippen LogP contribution in [0.1, 0.15) is 17.3 Å². The van der Waals surface area contributed by atoms with Crippen molar-refractivity contribution in [3.63, 3.8) is 0 Å². The maximum absolute atomic E-state index is 12.5. The number of rotatable bonds is 2. The zero-order chi connectivity index (χ0) is 14.0. The Hall–Kier alpha value is -0.970. The van der Waals surface area contributed by atoms with Crippen molar-refractivity contribution < 1.29 is 14.6 Å². The van der Waals surface area contributed by atoms with E-state index in [1.54, 1.807) is 4.90 Å². The lowest BCUT2D eigenvalue weighted by Crippen LogP contribution is -2.51. The molecule has 104 valence electrons. The van der Waals surface area contributed by atoms with Crippen molar-refractivity contribution in [2.24, 2.45) is 0 Å². The lowest BCUT2D eigenvalue weighted by molar-refractivity contribution is -0.0371. The molecule has 0 aromatic heterocycles. The van der Waals surface area contributed by atoms with Gasteiger partial charge in [-0.15, -0.1) is 11.6 Å². The molecule has 1 amide bonds. The first kappa shape index (κ1) is 14.4. The molecule has 0 aliphatic carbocycles. The van der Waals surface area contributed by atoms with Crippen LogP contribution in [0.4, 0.5) is 0 Å². The maximum Gasteiger partial charge on any atom is 0.255 e. The smallest absolute Gasteiger partial charge is 0.255 e. The standard InChI is InChI=1S/C13H15Cl2NO3/c1-8-7-19-10(5-14)6-16(8)13(18)11-4-9(17)2-3-12(11)15/h2-4,8,10,17H,5-7H2,1H3. The van der Waals surface area contributed by atoms with Crippen LogP contribution in [0.25, 0.3) is 0 Å². The van der Waals surface area contributed by atoms with Gasteiger partial charge in [0, 0.05) is 6.54 Å². The first-order chi connectivity index (χ1) is 9.02. The summed E-state index contributed by atoms with van der Waals surface area (Å²) in [5.41, 5.74) is 0.295. The van der Waals surface area contributed by atoms with Gasteiger partial charge in [-0.25, -0.2) is 0 Å². The van der Waals surface area contributed by atoms with E-state index in [1.807, 2.05) is 6.92 Å². The van der Waals surface area contributed by atoms with Crippen molar-refractivity contribution in [3.05, 3.63) is 28.8 Å². The van der Waals surface area contributed by atoms with E-state index in [9.17, 15) is 9.90 Å². The van der Waals surface area contributed by atoms with Crippen LogP contribution in [0.15, 0.2) is 18.2 Å². The summed E-state index contributed by atoms with van der Waals surface area (Å²) in [6.45, 7) is 2.77. The number of nitrogens with zero attached hydrogens (tertiary/aromatic N) is 1. The number of aromatic hydroxyl groups is 1. The van der Waals surface area contributed by atoms with Gasteiger partial charge in [0.2, 0.25) is 0 Å². The number of hydrogen-bond donors (Lipinski definition) is 1. The lowest BCUT2D eigenvalue weighted by atomic mass is 10.1. The molecule has 1 fully saturated rings. The van der Waals surface area contributed by atoms with Gasteiger partial charge >= 0.3 is 0 Å². The van der Waals surface area contributed by atoms with Crippen molar-refractivity contribution in [2.75, 3.05) is 19.0 Å². The summed E-state index contributed by atoms with van der Waals surface area (Å²) < 4.78 is 5.50. The number of benzene rings is 1. The van der Waals surface area contributed by atoms with Gasteiger partial charge in [-0.2, -0.15) is 0 Å². The topological polar surface area (TPSA) is 49.8 Å². The number of carbonyl (C=O) groups is 1. The van der Waals surface area contributed by atoms with Gasteiger partial charge in [0.15, 0.2) is 0 Å². The summed E-state index contributed by atoms with van der Waals surface area (Å²) in [5, 5.41) is 9.80. The SMILES string of the molecule is CC1COC(CCl)CN1C(=O)c1cc(O)ccc1Cl. The van der Waals surface area contributed by atoms with Crippen LogP contribution in [0.2, 0.25) is 5.02 Å². The van der Waals surface area contributed by atoms with Gasteiger partial charge < -0.3 is 14.7 Å². The van der Waals surface area contributed by atoms with Crippen LogP contribution in [0.5, 0.6) is 5.75 Å². The monoisotopic (exact) mass is 303 g/mol. The van der Waals surface area contributed by atoms with Crippen molar-refractivity contribution in [3.8, 4) is 5.75 Å².